The molecule has 0 fully saturated rings. The second-order valence-corrected chi connectivity index (χ2v) is 20.4. The van der Waals surface area contributed by atoms with E-state index in [1.165, 1.54) is 11.4 Å². The van der Waals surface area contributed by atoms with Gasteiger partial charge in [0.05, 0.1) is 12.2 Å². The molecular weight excluding hydrogens is 735 g/mol. The van der Waals surface area contributed by atoms with Crippen LogP contribution in [0.1, 0.15) is 41.5 Å². The Morgan fingerprint density at radius 1 is 0.620 bits per heavy atom. The Morgan fingerprint density at radius 3 is 1.58 bits per heavy atom. The summed E-state index contributed by atoms with van der Waals surface area (Å²) in [5.74, 6) is 0.719. The van der Waals surface area contributed by atoms with Gasteiger partial charge in [0.25, 0.3) is 0 Å². The number of esters is 2. The maximum Gasteiger partial charge on any atom is 0.367 e. The Morgan fingerprint density at radius 2 is 1.10 bits per heavy atom. The number of pyridine rings is 2. The molecule has 0 saturated heterocycles. The van der Waals surface area contributed by atoms with Gasteiger partial charge in [0.1, 0.15) is 28.6 Å². The fourth-order valence-electron chi connectivity index (χ4n) is 3.68. The van der Waals surface area contributed by atoms with E-state index in [1.807, 2.05) is 80.6 Å². The lowest BCUT2D eigenvalue weighted by atomic mass is 10.3. The van der Waals surface area contributed by atoms with Crippen LogP contribution >= 0.6 is 23.6 Å². The molecule has 4 aromatic rings. The number of aromatic nitrogens is 2. The summed E-state index contributed by atoms with van der Waals surface area (Å²) in [6.45, 7) is 7.46. The summed E-state index contributed by atoms with van der Waals surface area (Å²) in [5, 5.41) is 6.84. The highest BCUT2D eigenvalue weighted by Gasteiger charge is 2.30. The van der Waals surface area contributed by atoms with Gasteiger partial charge in [-0.1, -0.05) is 48.5 Å². The zero-order chi connectivity index (χ0) is 36.6. The molecule has 11 nitrogen and oxygen atoms in total. The summed E-state index contributed by atoms with van der Waals surface area (Å²) in [7, 11) is 0. The van der Waals surface area contributed by atoms with Crippen molar-refractivity contribution in [2.75, 3.05) is 0 Å². The summed E-state index contributed by atoms with van der Waals surface area (Å²) in [6.07, 6.45) is 2.88. The average Bonchev–Trinajstić information content (AvgIpc) is 3.06. The van der Waals surface area contributed by atoms with Gasteiger partial charge in [-0.15, -0.1) is 0 Å². The number of nitrogens with one attached hydrogen (secondary N) is 2. The molecule has 2 N–H and O–H groups in total. The van der Waals surface area contributed by atoms with Crippen molar-refractivity contribution in [3.63, 3.8) is 0 Å². The van der Waals surface area contributed by atoms with Crippen LogP contribution in [0, 0.1) is 0 Å². The van der Waals surface area contributed by atoms with Crippen LogP contribution in [0.5, 0.6) is 17.4 Å². The maximum atomic E-state index is 12.1. The minimum Gasteiger partial charge on any atom is -0.462 e. The lowest BCUT2D eigenvalue weighted by Gasteiger charge is -2.26. The van der Waals surface area contributed by atoms with Gasteiger partial charge >= 0.3 is 18.6 Å². The highest BCUT2D eigenvalue weighted by atomic mass is 32.9. The molecule has 0 aliphatic heterocycles. The van der Waals surface area contributed by atoms with E-state index in [0.29, 0.717) is 17.4 Å². The van der Waals surface area contributed by atoms with Gasteiger partial charge in [0, 0.05) is 30.3 Å². The van der Waals surface area contributed by atoms with Crippen molar-refractivity contribution in [2.45, 2.75) is 70.9 Å². The van der Waals surface area contributed by atoms with Gasteiger partial charge in [-0.3, -0.25) is 9.59 Å². The molecular formula is C34H42N4O7P2S3. The summed E-state index contributed by atoms with van der Waals surface area (Å²) < 4.78 is 28.2. The second-order valence-electron chi connectivity index (χ2n) is 11.0. The number of rotatable bonds is 16. The van der Waals surface area contributed by atoms with E-state index in [2.05, 4.69) is 20.1 Å². The molecule has 16 heteroatoms. The lowest BCUT2D eigenvalue weighted by Crippen LogP contribution is -2.36. The number of carbonyl (C=O) groups excluding carboxylic acids is 2. The molecule has 2 heterocycles. The van der Waals surface area contributed by atoms with E-state index in [0.717, 1.165) is 5.03 Å². The van der Waals surface area contributed by atoms with E-state index in [4.69, 9.17) is 46.7 Å². The van der Waals surface area contributed by atoms with Crippen molar-refractivity contribution < 1.29 is 32.6 Å². The average molecular weight is 777 g/mol. The Hall–Kier alpha value is -3.35. The molecule has 4 atom stereocenters. The van der Waals surface area contributed by atoms with Gasteiger partial charge in [0.15, 0.2) is 0 Å². The minimum absolute atomic E-state index is 0.187. The van der Waals surface area contributed by atoms with Crippen LogP contribution < -0.4 is 23.7 Å². The monoisotopic (exact) mass is 776 g/mol. The summed E-state index contributed by atoms with van der Waals surface area (Å²) >= 11 is 12.7. The van der Waals surface area contributed by atoms with E-state index in [1.54, 1.807) is 70.4 Å². The van der Waals surface area contributed by atoms with Gasteiger partial charge in [0.2, 0.25) is 11.5 Å². The first-order valence-electron chi connectivity index (χ1n) is 15.6. The zero-order valence-electron chi connectivity index (χ0n) is 28.6. The number of hydrogen-bond acceptors (Lipinski definition) is 12. The predicted molar refractivity (Wildman–Crippen MR) is 205 cm³/mol. The van der Waals surface area contributed by atoms with Crippen LogP contribution in [-0.4, -0.2) is 46.2 Å². The second kappa shape index (κ2) is 20.5. The minimum atomic E-state index is -3.10. The quantitative estimate of drug-likeness (QED) is 0.0840. The molecule has 0 saturated carbocycles. The first-order chi connectivity index (χ1) is 23.8. The van der Waals surface area contributed by atoms with Crippen molar-refractivity contribution >= 4 is 59.2 Å². The third kappa shape index (κ3) is 15.3. The summed E-state index contributed by atoms with van der Waals surface area (Å²) in [5.41, 5.74) is -2.68. The number of carbonyl (C=O) groups is 2. The van der Waals surface area contributed by atoms with Gasteiger partial charge in [-0.05, 0) is 107 Å². The molecule has 0 spiro atoms. The Balaban J connectivity index is 0.000000270. The number of nitrogens with zero attached hydrogens (tertiary/aromatic N) is 2. The van der Waals surface area contributed by atoms with Crippen molar-refractivity contribution in [1.29, 1.82) is 0 Å². The van der Waals surface area contributed by atoms with Crippen LogP contribution in [0.3, 0.4) is 0 Å². The van der Waals surface area contributed by atoms with Crippen LogP contribution in [0.4, 0.5) is 0 Å². The topological polar surface area (TPSA) is 130 Å². The molecule has 0 bridgehead atoms. The van der Waals surface area contributed by atoms with E-state index >= 15 is 0 Å². The Bertz CT molecular complexity index is 1490. The third-order valence-corrected chi connectivity index (χ3v) is 13.0. The summed E-state index contributed by atoms with van der Waals surface area (Å²) in [6, 6.07) is 27.9. The highest BCUT2D eigenvalue weighted by Crippen LogP contribution is 2.59. The summed E-state index contributed by atoms with van der Waals surface area (Å²) in [4.78, 5) is 32.6. The molecule has 50 heavy (non-hydrogen) atoms. The van der Waals surface area contributed by atoms with Crippen LogP contribution in [0.2, 0.25) is 0 Å². The highest BCUT2D eigenvalue weighted by molar-refractivity contribution is 8.68. The number of ether oxygens (including phenoxy) is 2. The first-order valence-corrected chi connectivity index (χ1v) is 22.4. The SMILES string of the molecule is CC(C)OC(=O)[C@H](C)NP(=S)(Oc1ccccc1)Oc1ccccn1.CC(C)OC(=O)[C@H](C)NP(=S)(Oc1ccccc1)Sc1ccccn1. The van der Waals surface area contributed by atoms with E-state index in [9.17, 15) is 9.59 Å². The molecule has 4 rings (SSSR count). The van der Waals surface area contributed by atoms with E-state index < -0.39 is 30.3 Å². The van der Waals surface area contributed by atoms with Gasteiger partial charge in [-0.2, -0.15) is 0 Å². The molecule has 2 unspecified atom stereocenters. The van der Waals surface area contributed by atoms with Crippen LogP contribution in [-0.2, 0) is 42.7 Å². The molecule has 2 aromatic carbocycles. The number of para-hydroxylation sites is 2. The normalized spacial score (nSPS) is 14.5. The molecule has 0 radical (unpaired) electrons. The smallest absolute Gasteiger partial charge is 0.367 e. The van der Waals surface area contributed by atoms with Gasteiger partial charge in [-0.25, -0.2) is 20.1 Å². The molecule has 268 valence electrons. The number of benzene rings is 2. The van der Waals surface area contributed by atoms with E-state index in [-0.39, 0.29) is 18.2 Å². The lowest BCUT2D eigenvalue weighted by molar-refractivity contribution is -0.149. The standard InChI is InChI=1S/C17H21N2O4PS.C17H21N2O3PS2/c1-13(2)21-17(20)14(3)19-24(25,22-15-9-5-4-6-10-15)23-16-11-7-8-12-18-16;1-13(2)21-17(20)14(3)19-23(24,22-15-9-5-4-6-10-15)25-16-11-7-8-12-18-16/h4-14H,1-3H3,(H,19,25);4-14H,1-3H3,(H,19,24)/t14-,24?;14-,23?/m00/s1. The van der Waals surface area contributed by atoms with Gasteiger partial charge < -0.3 is 23.0 Å². The maximum absolute atomic E-state index is 12.1. The fourth-order valence-corrected chi connectivity index (χ4v) is 11.2. The molecule has 0 amide bonds. The largest absolute Gasteiger partial charge is 0.462 e. The fraction of sp³-hybridized carbons (Fsp3) is 0.294. The van der Waals surface area contributed by atoms with Crippen molar-refractivity contribution in [2.24, 2.45) is 0 Å². The predicted octanol–water partition coefficient (Wildman–Crippen LogP) is 8.10. The first kappa shape index (κ1) is 41.1. The van der Waals surface area contributed by atoms with Crippen LogP contribution in [0.15, 0.2) is 114 Å². The zero-order valence-corrected chi connectivity index (χ0v) is 32.8. The third-order valence-electron chi connectivity index (χ3n) is 5.75. The van der Waals surface area contributed by atoms with Crippen molar-refractivity contribution in [3.05, 3.63) is 109 Å². The Labute approximate surface area is 308 Å². The molecule has 0 aliphatic carbocycles. The van der Waals surface area contributed by atoms with Crippen molar-refractivity contribution in [1.82, 2.24) is 20.1 Å². The van der Waals surface area contributed by atoms with Crippen LogP contribution in [0.25, 0.3) is 0 Å². The number of hydrogen-bond donors (Lipinski definition) is 2. The Kier molecular flexibility index (Phi) is 16.8. The molecule has 0 aliphatic rings. The van der Waals surface area contributed by atoms with Crippen molar-refractivity contribution in [3.8, 4) is 17.4 Å². The molecule has 2 aromatic heterocycles.